The maximum atomic E-state index is 13.1. The summed E-state index contributed by atoms with van der Waals surface area (Å²) in [5, 5.41) is 0. The van der Waals surface area contributed by atoms with Crippen LogP contribution in [0.5, 0.6) is 0 Å². The van der Waals surface area contributed by atoms with Gasteiger partial charge >= 0.3 is 0 Å². The van der Waals surface area contributed by atoms with Crippen LogP contribution in [0, 0.1) is 0 Å². The molecular weight excluding hydrogens is 368 g/mol. The molecule has 0 unspecified atom stereocenters. The molecule has 5 rings (SSSR count). The minimum Gasteiger partial charge on any atom is -0.305 e. The molecule has 2 aliphatic heterocycles. The van der Waals surface area contributed by atoms with Crippen LogP contribution < -0.4 is 9.80 Å². The van der Waals surface area contributed by atoms with Crippen LogP contribution in [0.4, 0.5) is 11.4 Å². The van der Waals surface area contributed by atoms with E-state index < -0.39 is 11.8 Å². The molecular formula is C22H16N4O3. The molecule has 7 nitrogen and oxygen atoms in total. The molecule has 3 amide bonds. The average Bonchev–Trinajstić information content (AvgIpc) is 3.21. The SMILES string of the molecule is C[C@@H]1Cc2ccccc2N1C(=O)c1ccc(N2C(=O)c3cncnc3C2=O)cc1. The molecule has 7 heteroatoms. The average molecular weight is 384 g/mol. The number of rotatable bonds is 2. The first-order chi connectivity index (χ1) is 14.1. The third-order valence-electron chi connectivity index (χ3n) is 5.35. The number of carbonyl (C=O) groups excluding carboxylic acids is 3. The lowest BCUT2D eigenvalue weighted by atomic mass is 10.1. The minimum absolute atomic E-state index is 0.0642. The van der Waals surface area contributed by atoms with Crippen molar-refractivity contribution in [3.05, 3.63) is 83.4 Å². The highest BCUT2D eigenvalue weighted by molar-refractivity contribution is 6.33. The van der Waals surface area contributed by atoms with Crippen molar-refractivity contribution in [3.8, 4) is 0 Å². The molecule has 2 aliphatic rings. The Morgan fingerprint density at radius 3 is 2.55 bits per heavy atom. The molecule has 0 saturated heterocycles. The fourth-order valence-corrected chi connectivity index (χ4v) is 3.98. The lowest BCUT2D eigenvalue weighted by molar-refractivity contribution is 0.0923. The number of anilines is 2. The highest BCUT2D eigenvalue weighted by atomic mass is 16.2. The van der Waals surface area contributed by atoms with Gasteiger partial charge in [-0.1, -0.05) is 18.2 Å². The number of hydrogen-bond donors (Lipinski definition) is 0. The molecule has 1 aromatic heterocycles. The molecule has 0 radical (unpaired) electrons. The second-order valence-electron chi connectivity index (χ2n) is 7.13. The molecule has 142 valence electrons. The lowest BCUT2D eigenvalue weighted by Gasteiger charge is -2.23. The molecule has 3 aromatic rings. The normalized spacial score (nSPS) is 17.5. The van der Waals surface area contributed by atoms with Gasteiger partial charge in [0.15, 0.2) is 0 Å². The topological polar surface area (TPSA) is 83.5 Å². The van der Waals surface area contributed by atoms with E-state index in [1.165, 1.54) is 12.5 Å². The van der Waals surface area contributed by atoms with E-state index in [1.807, 2.05) is 31.2 Å². The predicted octanol–water partition coefficient (Wildman–Crippen LogP) is 2.87. The molecule has 0 saturated carbocycles. The number of para-hydroxylation sites is 1. The molecule has 3 heterocycles. The van der Waals surface area contributed by atoms with Crippen LogP contribution in [0.3, 0.4) is 0 Å². The fraction of sp³-hybridized carbons (Fsp3) is 0.136. The van der Waals surface area contributed by atoms with Crippen LogP contribution in [0.25, 0.3) is 0 Å². The Morgan fingerprint density at radius 2 is 1.79 bits per heavy atom. The minimum atomic E-state index is -0.492. The Bertz CT molecular complexity index is 1140. The summed E-state index contributed by atoms with van der Waals surface area (Å²) >= 11 is 0. The highest BCUT2D eigenvalue weighted by Crippen LogP contribution is 2.33. The number of imide groups is 1. The summed E-state index contributed by atoms with van der Waals surface area (Å²) in [6.07, 6.45) is 3.40. The van der Waals surface area contributed by atoms with E-state index in [0.29, 0.717) is 11.3 Å². The zero-order valence-electron chi connectivity index (χ0n) is 15.6. The number of aromatic nitrogens is 2. The number of hydrogen-bond acceptors (Lipinski definition) is 5. The number of benzene rings is 2. The van der Waals surface area contributed by atoms with Gasteiger partial charge in [0.1, 0.15) is 12.0 Å². The molecule has 0 spiro atoms. The van der Waals surface area contributed by atoms with Gasteiger partial charge in [-0.25, -0.2) is 14.9 Å². The van der Waals surface area contributed by atoms with Crippen LogP contribution in [0.1, 0.15) is 43.7 Å². The summed E-state index contributed by atoms with van der Waals surface area (Å²) in [4.78, 5) is 48.8. The molecule has 0 fully saturated rings. The van der Waals surface area contributed by atoms with Crippen molar-refractivity contribution in [2.24, 2.45) is 0 Å². The van der Waals surface area contributed by atoms with Crippen LogP contribution in [0.15, 0.2) is 61.1 Å². The highest BCUT2D eigenvalue weighted by Gasteiger charge is 2.38. The van der Waals surface area contributed by atoms with E-state index in [0.717, 1.165) is 22.6 Å². The van der Waals surface area contributed by atoms with Crippen molar-refractivity contribution in [2.45, 2.75) is 19.4 Å². The molecule has 0 N–H and O–H groups in total. The summed E-state index contributed by atoms with van der Waals surface area (Å²) in [5.41, 5.74) is 3.23. The Balaban J connectivity index is 1.44. The molecule has 1 atom stereocenters. The van der Waals surface area contributed by atoms with Gasteiger partial charge in [-0.15, -0.1) is 0 Å². The monoisotopic (exact) mass is 384 g/mol. The number of nitrogens with zero attached hydrogens (tertiary/aromatic N) is 4. The van der Waals surface area contributed by atoms with Crippen LogP contribution in [0.2, 0.25) is 0 Å². The molecule has 0 aliphatic carbocycles. The molecule has 0 bridgehead atoms. The largest absolute Gasteiger partial charge is 0.305 e. The maximum Gasteiger partial charge on any atom is 0.284 e. The van der Waals surface area contributed by atoms with E-state index in [1.54, 1.807) is 29.2 Å². The summed E-state index contributed by atoms with van der Waals surface area (Å²) in [5.74, 6) is -1.07. The van der Waals surface area contributed by atoms with Gasteiger partial charge in [-0.2, -0.15) is 0 Å². The zero-order valence-corrected chi connectivity index (χ0v) is 15.6. The molecule has 29 heavy (non-hydrogen) atoms. The van der Waals surface area contributed by atoms with Crippen LogP contribution in [-0.2, 0) is 6.42 Å². The van der Waals surface area contributed by atoms with Crippen LogP contribution >= 0.6 is 0 Å². The second-order valence-corrected chi connectivity index (χ2v) is 7.13. The summed E-state index contributed by atoms with van der Waals surface area (Å²) in [7, 11) is 0. The van der Waals surface area contributed by atoms with E-state index in [9.17, 15) is 14.4 Å². The summed E-state index contributed by atoms with van der Waals surface area (Å²) < 4.78 is 0. The second kappa shape index (κ2) is 6.34. The lowest BCUT2D eigenvalue weighted by Crippen LogP contribution is -2.35. The van der Waals surface area contributed by atoms with Crippen molar-refractivity contribution >= 4 is 29.1 Å². The summed E-state index contributed by atoms with van der Waals surface area (Å²) in [6.45, 7) is 2.02. The smallest absolute Gasteiger partial charge is 0.284 e. The van der Waals surface area contributed by atoms with Crippen LogP contribution in [-0.4, -0.2) is 33.7 Å². The van der Waals surface area contributed by atoms with Crippen molar-refractivity contribution in [1.82, 2.24) is 9.97 Å². The third-order valence-corrected chi connectivity index (χ3v) is 5.35. The predicted molar refractivity (Wildman–Crippen MR) is 106 cm³/mol. The van der Waals surface area contributed by atoms with Gasteiger partial charge in [0.25, 0.3) is 17.7 Å². The Labute approximate surface area is 166 Å². The molecule has 2 aromatic carbocycles. The van der Waals surface area contributed by atoms with Gasteiger partial charge < -0.3 is 4.90 Å². The van der Waals surface area contributed by atoms with Gasteiger partial charge in [-0.3, -0.25) is 14.4 Å². The summed E-state index contributed by atoms with van der Waals surface area (Å²) in [6, 6.07) is 14.4. The van der Waals surface area contributed by atoms with Crippen molar-refractivity contribution < 1.29 is 14.4 Å². The van der Waals surface area contributed by atoms with Gasteiger partial charge in [0, 0.05) is 23.5 Å². The fourth-order valence-electron chi connectivity index (χ4n) is 3.98. The Kier molecular flexibility index (Phi) is 3.77. The number of carbonyl (C=O) groups is 3. The van der Waals surface area contributed by atoms with E-state index in [2.05, 4.69) is 9.97 Å². The van der Waals surface area contributed by atoms with Gasteiger partial charge in [-0.05, 0) is 49.2 Å². The number of amides is 3. The maximum absolute atomic E-state index is 13.1. The van der Waals surface area contributed by atoms with Crippen molar-refractivity contribution in [1.29, 1.82) is 0 Å². The van der Waals surface area contributed by atoms with Crippen molar-refractivity contribution in [3.63, 3.8) is 0 Å². The zero-order chi connectivity index (χ0) is 20.1. The van der Waals surface area contributed by atoms with E-state index in [4.69, 9.17) is 0 Å². The Morgan fingerprint density at radius 1 is 1.03 bits per heavy atom. The first-order valence-corrected chi connectivity index (χ1v) is 9.26. The first kappa shape index (κ1) is 17.2. The van der Waals surface area contributed by atoms with Gasteiger partial charge in [0.2, 0.25) is 0 Å². The standard InChI is InChI=1S/C22H16N4O3/c1-13-10-15-4-2-3-5-18(15)25(13)20(27)14-6-8-16(9-7-14)26-21(28)17-11-23-12-24-19(17)22(26)29/h2-9,11-13H,10H2,1H3/t13-/m1/s1. The van der Waals surface area contributed by atoms with E-state index in [-0.39, 0.29) is 23.2 Å². The van der Waals surface area contributed by atoms with Crippen molar-refractivity contribution in [2.75, 3.05) is 9.80 Å². The third kappa shape index (κ3) is 2.55. The van der Waals surface area contributed by atoms with E-state index >= 15 is 0 Å². The first-order valence-electron chi connectivity index (χ1n) is 9.26. The Hall–Kier alpha value is -3.87. The quantitative estimate of drug-likeness (QED) is 0.635. The number of fused-ring (bicyclic) bond motifs is 2. The van der Waals surface area contributed by atoms with Gasteiger partial charge in [0.05, 0.1) is 11.3 Å².